The van der Waals surface area contributed by atoms with E-state index in [1.807, 2.05) is 59.0 Å². The number of amides is 1. The van der Waals surface area contributed by atoms with Crippen LogP contribution < -0.4 is 22.3 Å². The van der Waals surface area contributed by atoms with Crippen LogP contribution in [0, 0.1) is 6.92 Å². The van der Waals surface area contributed by atoms with Gasteiger partial charge in [-0.3, -0.25) is 9.59 Å². The third kappa shape index (κ3) is 9.45. The molecule has 0 unspecified atom stereocenters. The highest BCUT2D eigenvalue weighted by Crippen LogP contribution is 2.19. The van der Waals surface area contributed by atoms with Crippen LogP contribution in [-0.4, -0.2) is 67.7 Å². The van der Waals surface area contributed by atoms with Crippen molar-refractivity contribution in [3.8, 4) is 0 Å². The molecule has 268 valence electrons. The number of nitrogens with zero attached hydrogens (tertiary/aromatic N) is 9. The van der Waals surface area contributed by atoms with Gasteiger partial charge >= 0.3 is 0 Å². The number of hydrogen-bond acceptors (Lipinski definition) is 11. The maximum atomic E-state index is 11.5. The first kappa shape index (κ1) is 38.7. The molecule has 1 amide bonds. The molecule has 6 rings (SSSR count). The van der Waals surface area contributed by atoms with Crippen LogP contribution in [0.25, 0.3) is 22.3 Å². The number of aliphatic imine (C=N–C) groups is 1. The first-order chi connectivity index (χ1) is 23.4. The Morgan fingerprint density at radius 1 is 0.780 bits per heavy atom. The maximum absolute atomic E-state index is 11.5. The SMILES string of the molecule is C=C1N=C(N)C=CN1C(C)C.C=C1NC(=O)C(C)=CN1C(C)C.CC(C)n1cnc2c(N)ccnc21.Cc1nc2c(ncn2C(C)C)c(=O)[nH]1. The van der Waals surface area contributed by atoms with Crippen molar-refractivity contribution < 1.29 is 4.79 Å². The quantitative estimate of drug-likeness (QED) is 0.231. The lowest BCUT2D eigenvalue weighted by molar-refractivity contribution is -0.117. The molecule has 50 heavy (non-hydrogen) atoms. The number of aryl methyl sites for hydroxylation is 1. The van der Waals surface area contributed by atoms with Crippen molar-refractivity contribution >= 4 is 39.8 Å². The van der Waals surface area contributed by atoms with Crippen molar-refractivity contribution in [3.63, 3.8) is 0 Å². The Bertz CT molecular complexity index is 1990. The van der Waals surface area contributed by atoms with E-state index in [2.05, 4.69) is 76.1 Å². The van der Waals surface area contributed by atoms with E-state index >= 15 is 0 Å². The largest absolute Gasteiger partial charge is 0.397 e. The molecule has 0 radical (unpaired) electrons. The summed E-state index contributed by atoms with van der Waals surface area (Å²) in [5.74, 6) is 2.44. The molecule has 4 aromatic heterocycles. The lowest BCUT2D eigenvalue weighted by atomic mass is 10.2. The van der Waals surface area contributed by atoms with Gasteiger partial charge in [0.1, 0.15) is 28.8 Å². The molecule has 2 aliphatic heterocycles. The number of pyridine rings is 1. The minimum Gasteiger partial charge on any atom is -0.397 e. The number of hydrogen-bond donors (Lipinski definition) is 4. The summed E-state index contributed by atoms with van der Waals surface area (Å²) in [7, 11) is 0. The van der Waals surface area contributed by atoms with Gasteiger partial charge in [-0.15, -0.1) is 0 Å². The molecule has 15 heteroatoms. The molecule has 0 spiro atoms. The molecule has 0 atom stereocenters. The molecular weight excluding hydrogens is 634 g/mol. The van der Waals surface area contributed by atoms with Crippen LogP contribution in [0.1, 0.15) is 80.2 Å². The number of carbonyl (C=O) groups excluding carboxylic acids is 1. The highest BCUT2D eigenvalue weighted by atomic mass is 16.2. The van der Waals surface area contributed by atoms with Gasteiger partial charge in [-0.25, -0.2) is 24.9 Å². The van der Waals surface area contributed by atoms with E-state index in [-0.39, 0.29) is 17.5 Å². The number of rotatable bonds is 4. The molecule has 2 aliphatic rings. The summed E-state index contributed by atoms with van der Waals surface area (Å²) in [6, 6.07) is 3.09. The number of nitrogens with two attached hydrogens (primary N) is 2. The normalized spacial score (nSPS) is 14.3. The van der Waals surface area contributed by atoms with Gasteiger partial charge in [-0.05, 0) is 81.4 Å². The molecule has 0 saturated carbocycles. The van der Waals surface area contributed by atoms with E-state index in [0.29, 0.717) is 58.3 Å². The highest BCUT2D eigenvalue weighted by Gasteiger charge is 2.19. The Kier molecular flexibility index (Phi) is 12.8. The highest BCUT2D eigenvalue weighted by molar-refractivity contribution is 5.94. The Morgan fingerprint density at radius 2 is 1.36 bits per heavy atom. The molecule has 0 saturated heterocycles. The first-order valence-corrected chi connectivity index (χ1v) is 16.4. The van der Waals surface area contributed by atoms with Gasteiger partial charge in [0.2, 0.25) is 0 Å². The molecule has 4 aromatic rings. The smallest absolute Gasteiger partial charge is 0.279 e. The van der Waals surface area contributed by atoms with Crippen LogP contribution in [0.15, 0.2) is 83.6 Å². The van der Waals surface area contributed by atoms with Crippen LogP contribution >= 0.6 is 0 Å². The summed E-state index contributed by atoms with van der Waals surface area (Å²) in [6.07, 6.45) is 10.6. The standard InChI is InChI=1S/C9H12N4O.C9H12N4.C9H14N2O.C8H13N3/c1-5(2)13-4-10-7-8(13)11-6(3)12-9(7)14;1-6(2)13-5-12-8-7(10)3-4-11-9(8)13;1-6(2)11-5-7(3)9(12)10-8(11)4;1-6(2)11-5-4-8(9)10-7(11)3/h4-5H,1-3H3,(H,11,12,14);3-6H,1-2H3,(H2,10,11);5-6H,4H2,1-3H3,(H,10,12);4-6H,3H2,1-2H3,(H2,9,10). The van der Waals surface area contributed by atoms with Gasteiger partial charge in [0.05, 0.1) is 18.3 Å². The molecule has 0 fully saturated rings. The van der Waals surface area contributed by atoms with Crippen LogP contribution in [0.4, 0.5) is 5.69 Å². The lowest BCUT2D eigenvalue weighted by Gasteiger charge is -2.31. The van der Waals surface area contributed by atoms with Crippen LogP contribution in [0.3, 0.4) is 0 Å². The fourth-order valence-corrected chi connectivity index (χ4v) is 4.80. The Hall–Kier alpha value is -5.73. The van der Waals surface area contributed by atoms with Gasteiger partial charge in [0.25, 0.3) is 11.5 Å². The van der Waals surface area contributed by atoms with Gasteiger partial charge < -0.3 is 40.7 Å². The van der Waals surface area contributed by atoms with Gasteiger partial charge in [0.15, 0.2) is 16.8 Å². The van der Waals surface area contributed by atoms with E-state index in [1.165, 1.54) is 0 Å². The number of aromatic nitrogens is 7. The van der Waals surface area contributed by atoms with E-state index in [0.717, 1.165) is 16.7 Å². The van der Waals surface area contributed by atoms with Crippen molar-refractivity contribution in [2.45, 2.75) is 93.4 Å². The second-order valence-corrected chi connectivity index (χ2v) is 12.9. The Morgan fingerprint density at radius 3 is 1.92 bits per heavy atom. The summed E-state index contributed by atoms with van der Waals surface area (Å²) in [5.41, 5.74) is 15.2. The monoisotopic (exact) mass is 685 g/mol. The lowest BCUT2D eigenvalue weighted by Crippen LogP contribution is -2.40. The van der Waals surface area contributed by atoms with E-state index in [9.17, 15) is 9.59 Å². The fourth-order valence-electron chi connectivity index (χ4n) is 4.80. The van der Waals surface area contributed by atoms with Crippen LogP contribution in [-0.2, 0) is 4.79 Å². The minimum absolute atomic E-state index is 0.0584. The number of carbonyl (C=O) groups is 1. The number of nitrogen functional groups attached to an aromatic ring is 1. The number of fused-ring (bicyclic) bond motifs is 2. The Balaban J connectivity index is 0.000000181. The molecule has 6 heterocycles. The summed E-state index contributed by atoms with van der Waals surface area (Å²) >= 11 is 0. The summed E-state index contributed by atoms with van der Waals surface area (Å²) in [4.78, 5) is 49.9. The third-order valence-corrected chi connectivity index (χ3v) is 7.49. The van der Waals surface area contributed by atoms with E-state index in [1.54, 1.807) is 44.8 Å². The first-order valence-electron chi connectivity index (χ1n) is 16.4. The van der Waals surface area contributed by atoms with Gasteiger partial charge in [-0.1, -0.05) is 13.2 Å². The summed E-state index contributed by atoms with van der Waals surface area (Å²) in [6.45, 7) is 27.6. The number of H-pyrrole nitrogens is 1. The predicted octanol–water partition coefficient (Wildman–Crippen LogP) is 4.86. The predicted molar refractivity (Wildman–Crippen MR) is 200 cm³/mol. The molecule has 15 nitrogen and oxygen atoms in total. The van der Waals surface area contributed by atoms with Crippen molar-refractivity contribution in [2.75, 3.05) is 5.73 Å². The average molecular weight is 686 g/mol. The molecule has 0 bridgehead atoms. The average Bonchev–Trinajstić information content (AvgIpc) is 3.66. The van der Waals surface area contributed by atoms with Crippen molar-refractivity contribution in [1.82, 2.24) is 49.2 Å². The van der Waals surface area contributed by atoms with Crippen molar-refractivity contribution in [3.05, 3.63) is 89.9 Å². The van der Waals surface area contributed by atoms with Gasteiger partial charge in [0, 0.05) is 48.3 Å². The Labute approximate surface area is 293 Å². The molecule has 6 N–H and O–H groups in total. The number of aromatic amines is 1. The number of nitrogens with one attached hydrogen (secondary N) is 2. The zero-order chi connectivity index (χ0) is 37.4. The van der Waals surface area contributed by atoms with E-state index in [4.69, 9.17) is 11.5 Å². The topological polar surface area (TPSA) is 194 Å². The number of amidine groups is 1. The van der Waals surface area contributed by atoms with Crippen LogP contribution in [0.5, 0.6) is 0 Å². The summed E-state index contributed by atoms with van der Waals surface area (Å²) < 4.78 is 3.89. The van der Waals surface area contributed by atoms with E-state index < -0.39 is 0 Å². The summed E-state index contributed by atoms with van der Waals surface area (Å²) in [5, 5.41) is 2.68. The molecular formula is C35H51N13O2. The molecule has 0 aromatic carbocycles. The maximum Gasteiger partial charge on any atom is 0.279 e. The van der Waals surface area contributed by atoms with Crippen molar-refractivity contribution in [1.29, 1.82) is 0 Å². The third-order valence-electron chi connectivity index (χ3n) is 7.49. The molecule has 0 aliphatic carbocycles. The second kappa shape index (κ2) is 16.6. The number of imidazole rings is 2. The minimum atomic E-state index is -0.174. The van der Waals surface area contributed by atoms with Crippen LogP contribution in [0.2, 0.25) is 0 Å². The second-order valence-electron chi connectivity index (χ2n) is 12.9. The zero-order valence-corrected chi connectivity index (χ0v) is 30.8. The van der Waals surface area contributed by atoms with Gasteiger partial charge in [-0.2, -0.15) is 0 Å². The fraction of sp³-hybridized carbons (Fsp3) is 0.400. The van der Waals surface area contributed by atoms with Crippen molar-refractivity contribution in [2.24, 2.45) is 10.7 Å². The number of anilines is 1. The zero-order valence-electron chi connectivity index (χ0n) is 30.8.